The fraction of sp³-hybridized carbons (Fsp3) is 0.625. The van der Waals surface area contributed by atoms with Crippen molar-refractivity contribution >= 4 is 27.4 Å². The third-order valence-electron chi connectivity index (χ3n) is 5.15. The van der Waals surface area contributed by atoms with Gasteiger partial charge in [-0.05, 0) is 5.92 Å². The maximum Gasteiger partial charge on any atom is 0.362 e. The van der Waals surface area contributed by atoms with Gasteiger partial charge in [-0.15, -0.1) is 0 Å². The molecule has 3 heterocycles. The number of nitrogens with zero attached hydrogens (tertiary/aromatic N) is 3. The first kappa shape index (κ1) is 23.2. The first-order valence-electron chi connectivity index (χ1n) is 9.44. The maximum absolute atomic E-state index is 12.1. The van der Waals surface area contributed by atoms with Crippen LogP contribution in [0.2, 0.25) is 0 Å². The molecule has 2 aromatic rings. The quantitative estimate of drug-likeness (QED) is 0.277. The lowest BCUT2D eigenvalue weighted by Crippen LogP contribution is -2.47. The van der Waals surface area contributed by atoms with Crippen molar-refractivity contribution < 1.29 is 32.3 Å². The number of hydrogen-bond donors (Lipinski definition) is 5. The number of ether oxygens (including phenoxy) is 1. The van der Waals surface area contributed by atoms with E-state index in [-0.39, 0.29) is 17.1 Å². The van der Waals surface area contributed by atoms with Gasteiger partial charge in [0.1, 0.15) is 18.3 Å². The van der Waals surface area contributed by atoms with Crippen LogP contribution in [0.5, 0.6) is 0 Å². The van der Waals surface area contributed by atoms with Gasteiger partial charge in [0.2, 0.25) is 0 Å². The van der Waals surface area contributed by atoms with E-state index in [2.05, 4.69) is 15.0 Å². The van der Waals surface area contributed by atoms with Crippen molar-refractivity contribution in [2.24, 2.45) is 11.7 Å². The summed E-state index contributed by atoms with van der Waals surface area (Å²) in [6, 6.07) is -1.05. The van der Waals surface area contributed by atoms with E-state index in [1.807, 2.05) is 0 Å². The van der Waals surface area contributed by atoms with E-state index in [1.54, 1.807) is 18.6 Å². The Hall–Kier alpha value is -2.43. The summed E-state index contributed by atoms with van der Waals surface area (Å²) in [7, 11) is -4.54. The molecule has 172 valence electrons. The lowest BCUT2D eigenvalue weighted by atomic mass is 10.00. The van der Waals surface area contributed by atoms with Crippen LogP contribution in [0, 0.1) is 5.92 Å². The number of H-pyrrole nitrogens is 1. The minimum absolute atomic E-state index is 0.00423. The van der Waals surface area contributed by atoms with Gasteiger partial charge in [0, 0.05) is 0 Å². The number of nitrogens with two attached hydrogens (primary N) is 1. The number of aliphatic hydroxyl groups excluding tert-OH is 2. The zero-order valence-corrected chi connectivity index (χ0v) is 17.5. The number of aromatic amines is 1. The Bertz CT molecular complexity index is 1100. The highest BCUT2D eigenvalue weighted by Gasteiger charge is 2.45. The van der Waals surface area contributed by atoms with Gasteiger partial charge in [-0.3, -0.25) is 18.3 Å². The van der Waals surface area contributed by atoms with Gasteiger partial charge < -0.3 is 25.7 Å². The van der Waals surface area contributed by atoms with E-state index in [1.165, 1.54) is 10.9 Å². The Morgan fingerprint density at radius 2 is 2.13 bits per heavy atom. The highest BCUT2D eigenvalue weighted by Crippen LogP contribution is 2.31. The number of aliphatic hydroxyl groups is 2. The van der Waals surface area contributed by atoms with E-state index in [0.717, 1.165) is 6.33 Å². The average molecular weight is 460 g/mol. The molecular weight excluding hydrogens is 436 g/mol. The van der Waals surface area contributed by atoms with Gasteiger partial charge in [0.05, 0.1) is 25.3 Å². The third kappa shape index (κ3) is 4.76. The third-order valence-corrected chi connectivity index (χ3v) is 6.05. The predicted molar refractivity (Wildman–Crippen MR) is 105 cm³/mol. The van der Waals surface area contributed by atoms with Crippen LogP contribution in [0.3, 0.4) is 0 Å². The Labute approximate surface area is 176 Å². The molecule has 1 amide bonds. The van der Waals surface area contributed by atoms with E-state index >= 15 is 0 Å². The molecule has 6 atom stereocenters. The zero-order chi connectivity index (χ0) is 22.9. The number of aromatic nitrogens is 4. The normalized spacial score (nSPS) is 26.1. The maximum atomic E-state index is 12.1. The van der Waals surface area contributed by atoms with Gasteiger partial charge in [0.15, 0.2) is 17.4 Å². The standard InChI is InChI=1S/C16H24N6O8S/c1-3-7(2)9(17)14(25)21-31(27,28)29-4-8-11(23)12(24)16(30-8)22-6-20-10-13(22)18-5-19-15(10)26/h5-9,11-12,16,23-24H,3-4,17H2,1-2H3,(H,21,25)(H,18,19,26)/t7-,8+,9-,11+,12+,16+/m0/s1. The van der Waals surface area contributed by atoms with Crippen molar-refractivity contribution in [1.29, 1.82) is 0 Å². The Balaban J connectivity index is 1.67. The fourth-order valence-electron chi connectivity index (χ4n) is 3.04. The molecule has 0 aliphatic carbocycles. The molecule has 1 fully saturated rings. The molecule has 1 saturated heterocycles. The summed E-state index contributed by atoms with van der Waals surface area (Å²) in [5.41, 5.74) is 5.28. The number of rotatable bonds is 8. The predicted octanol–water partition coefficient (Wildman–Crippen LogP) is -2.51. The number of carbonyl (C=O) groups is 1. The Morgan fingerprint density at radius 3 is 2.81 bits per heavy atom. The molecule has 0 spiro atoms. The van der Waals surface area contributed by atoms with Crippen molar-refractivity contribution in [3.05, 3.63) is 23.0 Å². The van der Waals surface area contributed by atoms with E-state index in [4.69, 9.17) is 14.7 Å². The number of carbonyl (C=O) groups excluding carboxylic acids is 1. The zero-order valence-electron chi connectivity index (χ0n) is 16.7. The molecule has 0 unspecified atom stereocenters. The van der Waals surface area contributed by atoms with Gasteiger partial charge in [0.25, 0.3) is 11.5 Å². The fourth-order valence-corrected chi connectivity index (χ4v) is 3.79. The van der Waals surface area contributed by atoms with Crippen LogP contribution in [0.15, 0.2) is 17.4 Å². The van der Waals surface area contributed by atoms with Crippen molar-refractivity contribution in [3.63, 3.8) is 0 Å². The minimum Gasteiger partial charge on any atom is -0.387 e. The molecular formula is C16H24N6O8S. The molecule has 0 aromatic carbocycles. The molecule has 15 heteroatoms. The second-order valence-electron chi connectivity index (χ2n) is 7.22. The second kappa shape index (κ2) is 8.97. The van der Waals surface area contributed by atoms with Crippen LogP contribution in [-0.2, 0) is 24.0 Å². The largest absolute Gasteiger partial charge is 0.387 e. The summed E-state index contributed by atoms with van der Waals surface area (Å²) >= 11 is 0. The van der Waals surface area contributed by atoms with E-state index < -0.39 is 59.0 Å². The molecule has 0 saturated carbocycles. The average Bonchev–Trinajstić information content (AvgIpc) is 3.27. The Kier molecular flexibility index (Phi) is 6.73. The number of nitrogens with one attached hydrogen (secondary N) is 2. The van der Waals surface area contributed by atoms with E-state index in [0.29, 0.717) is 6.42 Å². The molecule has 31 heavy (non-hydrogen) atoms. The van der Waals surface area contributed by atoms with Crippen molar-refractivity contribution in [2.45, 2.75) is 50.8 Å². The topological polar surface area (TPSA) is 212 Å². The van der Waals surface area contributed by atoms with Gasteiger partial charge in [-0.25, -0.2) is 14.7 Å². The molecule has 0 bridgehead atoms. The molecule has 1 aliphatic heterocycles. The summed E-state index contributed by atoms with van der Waals surface area (Å²) in [5.74, 6) is -1.18. The van der Waals surface area contributed by atoms with Gasteiger partial charge in [-0.1, -0.05) is 20.3 Å². The monoisotopic (exact) mass is 460 g/mol. The molecule has 1 aliphatic rings. The van der Waals surface area contributed by atoms with Crippen molar-refractivity contribution in [3.8, 4) is 0 Å². The molecule has 6 N–H and O–H groups in total. The first-order chi connectivity index (χ1) is 14.6. The van der Waals surface area contributed by atoms with Crippen LogP contribution in [0.1, 0.15) is 26.5 Å². The molecule has 14 nitrogen and oxygen atoms in total. The van der Waals surface area contributed by atoms with Crippen LogP contribution in [0.4, 0.5) is 0 Å². The first-order valence-corrected chi connectivity index (χ1v) is 10.8. The molecule has 0 radical (unpaired) electrons. The smallest absolute Gasteiger partial charge is 0.362 e. The van der Waals surface area contributed by atoms with Crippen molar-refractivity contribution in [1.82, 2.24) is 24.2 Å². The summed E-state index contributed by atoms with van der Waals surface area (Å²) in [6.45, 7) is 2.81. The highest BCUT2D eigenvalue weighted by atomic mass is 32.2. The molecule has 2 aromatic heterocycles. The number of imidazole rings is 1. The number of fused-ring (bicyclic) bond motifs is 1. The van der Waals surface area contributed by atoms with Crippen molar-refractivity contribution in [2.75, 3.05) is 6.61 Å². The van der Waals surface area contributed by atoms with Crippen LogP contribution in [0.25, 0.3) is 11.2 Å². The van der Waals surface area contributed by atoms with Crippen LogP contribution >= 0.6 is 0 Å². The van der Waals surface area contributed by atoms with Gasteiger partial charge >= 0.3 is 10.3 Å². The Morgan fingerprint density at radius 1 is 1.42 bits per heavy atom. The molecule has 3 rings (SSSR count). The SMILES string of the molecule is CC[C@H](C)[C@H](N)C(=O)NS(=O)(=O)OC[C@H]1O[C@@H](n2cnc3c(=O)[nH]cnc32)[C@H](O)[C@@H]1O. The number of hydrogen-bond acceptors (Lipinski definition) is 11. The van der Waals surface area contributed by atoms with Gasteiger partial charge in [-0.2, -0.15) is 8.42 Å². The summed E-state index contributed by atoms with van der Waals surface area (Å²) in [4.78, 5) is 34.0. The minimum atomic E-state index is -4.54. The lowest BCUT2D eigenvalue weighted by Gasteiger charge is -2.18. The highest BCUT2D eigenvalue weighted by molar-refractivity contribution is 7.85. The van der Waals surface area contributed by atoms with Crippen LogP contribution in [-0.4, -0.2) is 75.0 Å². The summed E-state index contributed by atoms with van der Waals surface area (Å²) in [5, 5.41) is 20.6. The van der Waals surface area contributed by atoms with Crippen LogP contribution < -0.4 is 16.0 Å². The lowest BCUT2D eigenvalue weighted by molar-refractivity contribution is -0.121. The summed E-state index contributed by atoms with van der Waals surface area (Å²) < 4.78 is 37.3. The second-order valence-corrected chi connectivity index (χ2v) is 8.57. The van der Waals surface area contributed by atoms with E-state index in [9.17, 15) is 28.2 Å². The summed E-state index contributed by atoms with van der Waals surface area (Å²) in [6.07, 6.45) is -2.60. The number of amides is 1.